The molecule has 0 bridgehead atoms. The molecule has 0 saturated carbocycles. The van der Waals surface area contributed by atoms with E-state index in [1.165, 1.54) is 16.9 Å². The summed E-state index contributed by atoms with van der Waals surface area (Å²) in [5, 5.41) is 4.71. The fraction of sp³-hybridized carbons (Fsp3) is 0.100. The maximum Gasteiger partial charge on any atom is 0.189 e. The van der Waals surface area contributed by atoms with E-state index in [9.17, 15) is 0 Å². The van der Waals surface area contributed by atoms with Crippen molar-refractivity contribution in [3.8, 4) is 0 Å². The zero-order valence-corrected chi connectivity index (χ0v) is 10.5. The van der Waals surface area contributed by atoms with Crippen LogP contribution in [0.2, 0.25) is 0 Å². The van der Waals surface area contributed by atoms with E-state index in [0.717, 1.165) is 15.3 Å². The lowest BCUT2D eigenvalue weighted by molar-refractivity contribution is 1.37. The van der Waals surface area contributed by atoms with Gasteiger partial charge in [-0.25, -0.2) is 4.98 Å². The van der Waals surface area contributed by atoms with E-state index in [2.05, 4.69) is 33.2 Å². The van der Waals surface area contributed by atoms with E-state index in [4.69, 9.17) is 5.73 Å². The molecule has 2 rings (SSSR count). The van der Waals surface area contributed by atoms with E-state index in [1.54, 1.807) is 6.20 Å². The highest BCUT2D eigenvalue weighted by Gasteiger charge is 2.01. The van der Waals surface area contributed by atoms with Crippen molar-refractivity contribution < 1.29 is 0 Å². The third-order valence-electron chi connectivity index (χ3n) is 1.95. The molecule has 3 nitrogen and oxygen atoms in total. The van der Waals surface area contributed by atoms with E-state index in [-0.39, 0.29) is 0 Å². The molecule has 15 heavy (non-hydrogen) atoms. The highest BCUT2D eigenvalue weighted by Crippen LogP contribution is 2.26. The summed E-state index contributed by atoms with van der Waals surface area (Å²) in [4.78, 5) is 4.13. The molecule has 0 aliphatic heterocycles. The SMILES string of the molecule is Cc1ccc(Nc2ncc(N)s2)cc1Br. The van der Waals surface area contributed by atoms with Crippen molar-refractivity contribution in [2.45, 2.75) is 6.92 Å². The van der Waals surface area contributed by atoms with Gasteiger partial charge in [0.1, 0.15) is 5.00 Å². The van der Waals surface area contributed by atoms with Crippen LogP contribution in [-0.2, 0) is 0 Å². The summed E-state index contributed by atoms with van der Waals surface area (Å²) < 4.78 is 1.08. The minimum Gasteiger partial charge on any atom is -0.389 e. The maximum atomic E-state index is 5.59. The third-order valence-corrected chi connectivity index (χ3v) is 3.54. The van der Waals surface area contributed by atoms with Crippen molar-refractivity contribution in [3.05, 3.63) is 34.4 Å². The van der Waals surface area contributed by atoms with Crippen LogP contribution in [0, 0.1) is 6.92 Å². The Hall–Kier alpha value is -1.07. The van der Waals surface area contributed by atoms with Crippen molar-refractivity contribution in [2.75, 3.05) is 11.1 Å². The molecule has 0 spiro atoms. The van der Waals surface area contributed by atoms with Gasteiger partial charge in [-0.3, -0.25) is 0 Å². The van der Waals surface area contributed by atoms with Gasteiger partial charge in [0.05, 0.1) is 6.20 Å². The van der Waals surface area contributed by atoms with Crippen molar-refractivity contribution in [1.29, 1.82) is 0 Å². The number of halogens is 1. The van der Waals surface area contributed by atoms with Crippen LogP contribution in [0.25, 0.3) is 0 Å². The lowest BCUT2D eigenvalue weighted by Crippen LogP contribution is -1.89. The second-order valence-corrected chi connectivity index (χ2v) is 5.07. The van der Waals surface area contributed by atoms with Gasteiger partial charge in [-0.05, 0) is 24.6 Å². The van der Waals surface area contributed by atoms with Crippen molar-refractivity contribution in [1.82, 2.24) is 4.98 Å². The number of nitrogens with two attached hydrogens (primary N) is 1. The van der Waals surface area contributed by atoms with Crippen LogP contribution in [0.5, 0.6) is 0 Å². The zero-order valence-electron chi connectivity index (χ0n) is 8.12. The molecule has 0 unspecified atom stereocenters. The molecule has 5 heteroatoms. The molecule has 0 fully saturated rings. The number of hydrogen-bond donors (Lipinski definition) is 2. The number of nitrogens with zero attached hydrogens (tertiary/aromatic N) is 1. The normalized spacial score (nSPS) is 10.3. The Bertz CT molecular complexity index is 481. The van der Waals surface area contributed by atoms with Gasteiger partial charge in [0.25, 0.3) is 0 Å². The quantitative estimate of drug-likeness (QED) is 0.886. The smallest absolute Gasteiger partial charge is 0.189 e. The van der Waals surface area contributed by atoms with Crippen molar-refractivity contribution >= 4 is 43.1 Å². The monoisotopic (exact) mass is 283 g/mol. The van der Waals surface area contributed by atoms with Gasteiger partial charge in [0, 0.05) is 10.2 Å². The molecule has 0 aliphatic rings. The summed E-state index contributed by atoms with van der Waals surface area (Å²) in [6, 6.07) is 6.08. The molecule has 0 amide bonds. The molecule has 0 saturated heterocycles. The summed E-state index contributed by atoms with van der Waals surface area (Å²) in [6.45, 7) is 2.05. The number of anilines is 3. The van der Waals surface area contributed by atoms with E-state index in [1.807, 2.05) is 18.2 Å². The topological polar surface area (TPSA) is 50.9 Å². The number of aromatic nitrogens is 1. The molecule has 0 aliphatic carbocycles. The van der Waals surface area contributed by atoms with Crippen LogP contribution < -0.4 is 11.1 Å². The number of nitrogens with one attached hydrogen (secondary N) is 1. The molecule has 0 radical (unpaired) electrons. The Morgan fingerprint density at radius 1 is 1.47 bits per heavy atom. The third kappa shape index (κ3) is 2.49. The summed E-state index contributed by atoms with van der Waals surface area (Å²) in [6.07, 6.45) is 1.65. The predicted molar refractivity (Wildman–Crippen MR) is 68.7 cm³/mol. The Kier molecular flexibility index (Phi) is 2.93. The molecular formula is C10H10BrN3S. The second-order valence-electron chi connectivity index (χ2n) is 3.16. The van der Waals surface area contributed by atoms with Crippen molar-refractivity contribution in [2.24, 2.45) is 0 Å². The summed E-state index contributed by atoms with van der Waals surface area (Å²) in [7, 11) is 0. The molecule has 1 aromatic heterocycles. The number of nitrogen functional groups attached to an aromatic ring is 1. The highest BCUT2D eigenvalue weighted by molar-refractivity contribution is 9.10. The first-order valence-corrected chi connectivity index (χ1v) is 6.00. The Morgan fingerprint density at radius 3 is 2.87 bits per heavy atom. The van der Waals surface area contributed by atoms with Crippen LogP contribution in [0.1, 0.15) is 5.56 Å². The average molecular weight is 284 g/mol. The van der Waals surface area contributed by atoms with Gasteiger partial charge >= 0.3 is 0 Å². The number of hydrogen-bond acceptors (Lipinski definition) is 4. The first-order valence-electron chi connectivity index (χ1n) is 4.39. The average Bonchev–Trinajstić information content (AvgIpc) is 2.58. The van der Waals surface area contributed by atoms with E-state index < -0.39 is 0 Å². The standard InChI is InChI=1S/C10H10BrN3S/c1-6-2-3-7(4-8(6)11)14-10-13-5-9(12)15-10/h2-5H,12H2,1H3,(H,13,14). The lowest BCUT2D eigenvalue weighted by atomic mass is 10.2. The van der Waals surface area contributed by atoms with Crippen LogP contribution >= 0.6 is 27.3 Å². The molecule has 1 aromatic carbocycles. The Balaban J connectivity index is 2.21. The van der Waals surface area contributed by atoms with Gasteiger partial charge in [0.2, 0.25) is 0 Å². The minimum absolute atomic E-state index is 0.712. The Labute approximate surface area is 100 Å². The first kappa shape index (κ1) is 10.4. The van der Waals surface area contributed by atoms with Crippen LogP contribution in [0.3, 0.4) is 0 Å². The summed E-state index contributed by atoms with van der Waals surface area (Å²) in [5.74, 6) is 0. The Morgan fingerprint density at radius 2 is 2.27 bits per heavy atom. The summed E-state index contributed by atoms with van der Waals surface area (Å²) >= 11 is 4.92. The van der Waals surface area contributed by atoms with Gasteiger partial charge in [0.15, 0.2) is 5.13 Å². The van der Waals surface area contributed by atoms with Crippen LogP contribution in [-0.4, -0.2) is 4.98 Å². The fourth-order valence-electron chi connectivity index (χ4n) is 1.14. The molecule has 2 aromatic rings. The second kappa shape index (κ2) is 4.20. The number of benzene rings is 1. The summed E-state index contributed by atoms with van der Waals surface area (Å²) in [5.41, 5.74) is 7.80. The highest BCUT2D eigenvalue weighted by atomic mass is 79.9. The number of aryl methyl sites for hydroxylation is 1. The maximum absolute atomic E-state index is 5.59. The molecule has 3 N–H and O–H groups in total. The number of rotatable bonds is 2. The molecular weight excluding hydrogens is 274 g/mol. The van der Waals surface area contributed by atoms with E-state index >= 15 is 0 Å². The number of thiazole rings is 1. The van der Waals surface area contributed by atoms with Crippen LogP contribution in [0.15, 0.2) is 28.9 Å². The molecule has 0 atom stereocenters. The molecule has 1 heterocycles. The van der Waals surface area contributed by atoms with Gasteiger partial charge in [-0.2, -0.15) is 0 Å². The van der Waals surface area contributed by atoms with Crippen molar-refractivity contribution in [3.63, 3.8) is 0 Å². The zero-order chi connectivity index (χ0) is 10.8. The first-order chi connectivity index (χ1) is 7.15. The molecule has 78 valence electrons. The largest absolute Gasteiger partial charge is 0.389 e. The predicted octanol–water partition coefficient (Wildman–Crippen LogP) is 3.54. The van der Waals surface area contributed by atoms with Crippen LogP contribution in [0.4, 0.5) is 15.8 Å². The van der Waals surface area contributed by atoms with Gasteiger partial charge in [-0.15, -0.1) is 0 Å². The van der Waals surface area contributed by atoms with Gasteiger partial charge in [-0.1, -0.05) is 33.3 Å². The van der Waals surface area contributed by atoms with E-state index in [0.29, 0.717) is 5.00 Å². The van der Waals surface area contributed by atoms with Gasteiger partial charge < -0.3 is 11.1 Å². The minimum atomic E-state index is 0.712. The lowest BCUT2D eigenvalue weighted by Gasteiger charge is -2.04. The fourth-order valence-corrected chi connectivity index (χ4v) is 2.12.